The number of rotatable bonds is 8. The van der Waals surface area contributed by atoms with Crippen molar-refractivity contribution >= 4 is 11.8 Å². The van der Waals surface area contributed by atoms with Crippen LogP contribution in [0.1, 0.15) is 73.6 Å². The molecule has 0 saturated carbocycles. The highest BCUT2D eigenvalue weighted by Gasteiger charge is 2.35. The Morgan fingerprint density at radius 3 is 2.28 bits per heavy atom. The molecule has 2 heterocycles. The van der Waals surface area contributed by atoms with E-state index in [2.05, 4.69) is 56.3 Å². The maximum absolute atomic E-state index is 13.3. The molecule has 2 saturated heterocycles. The van der Waals surface area contributed by atoms with Crippen LogP contribution >= 0.6 is 0 Å². The number of hydrogen-bond donors (Lipinski definition) is 1. The van der Waals surface area contributed by atoms with E-state index in [1.807, 2.05) is 24.9 Å². The lowest BCUT2D eigenvalue weighted by molar-refractivity contribution is -0.130. The molecule has 2 rings (SSSR count). The fourth-order valence-corrected chi connectivity index (χ4v) is 4.76. The second-order valence-corrected chi connectivity index (χ2v) is 10.9. The maximum atomic E-state index is 13.3. The molecular weight excluding hydrogens is 400 g/mol. The SMILES string of the molecule is C=C(C(NC(=O)C1CCCCN1C(C)C)C(C)(C)C)N(C)C/C=C(\C)C(=O)N1CCCC1. The summed E-state index contributed by atoms with van der Waals surface area (Å²) in [5, 5.41) is 3.33. The fourth-order valence-electron chi connectivity index (χ4n) is 4.76. The molecule has 1 N–H and O–H groups in total. The molecule has 0 aromatic carbocycles. The molecule has 6 heteroatoms. The van der Waals surface area contributed by atoms with E-state index in [4.69, 9.17) is 0 Å². The Labute approximate surface area is 196 Å². The molecule has 2 unspecified atom stereocenters. The second kappa shape index (κ2) is 11.4. The summed E-state index contributed by atoms with van der Waals surface area (Å²) in [4.78, 5) is 32.2. The maximum Gasteiger partial charge on any atom is 0.249 e. The molecule has 2 aliphatic heterocycles. The Morgan fingerprint density at radius 2 is 1.72 bits per heavy atom. The van der Waals surface area contributed by atoms with Gasteiger partial charge in [-0.15, -0.1) is 0 Å². The molecule has 32 heavy (non-hydrogen) atoms. The highest BCUT2D eigenvalue weighted by atomic mass is 16.2. The minimum Gasteiger partial charge on any atom is -0.373 e. The van der Waals surface area contributed by atoms with Crippen molar-refractivity contribution in [2.45, 2.75) is 91.8 Å². The first-order valence-corrected chi connectivity index (χ1v) is 12.4. The molecule has 2 amide bonds. The van der Waals surface area contributed by atoms with Crippen molar-refractivity contribution in [3.05, 3.63) is 23.9 Å². The van der Waals surface area contributed by atoms with Gasteiger partial charge in [0.15, 0.2) is 0 Å². The molecular formula is C26H46N4O2. The van der Waals surface area contributed by atoms with Crippen molar-refractivity contribution in [2.24, 2.45) is 5.41 Å². The number of carbonyl (C=O) groups excluding carboxylic acids is 2. The van der Waals surface area contributed by atoms with Gasteiger partial charge in [0.2, 0.25) is 11.8 Å². The molecule has 0 aromatic rings. The minimum absolute atomic E-state index is 0.0769. The van der Waals surface area contributed by atoms with Gasteiger partial charge in [0, 0.05) is 44.0 Å². The summed E-state index contributed by atoms with van der Waals surface area (Å²) in [6.45, 7) is 20.3. The van der Waals surface area contributed by atoms with E-state index in [1.54, 1.807) is 0 Å². The van der Waals surface area contributed by atoms with Crippen LogP contribution < -0.4 is 5.32 Å². The highest BCUT2D eigenvalue weighted by Crippen LogP contribution is 2.27. The lowest BCUT2D eigenvalue weighted by Gasteiger charge is -2.41. The van der Waals surface area contributed by atoms with Crippen LogP contribution in [0.3, 0.4) is 0 Å². The zero-order chi connectivity index (χ0) is 24.1. The molecule has 0 spiro atoms. The van der Waals surface area contributed by atoms with Gasteiger partial charge in [-0.05, 0) is 58.4 Å². The zero-order valence-electron chi connectivity index (χ0n) is 21.5. The summed E-state index contributed by atoms with van der Waals surface area (Å²) in [5.41, 5.74) is 1.47. The third-order valence-corrected chi connectivity index (χ3v) is 6.89. The summed E-state index contributed by atoms with van der Waals surface area (Å²) in [5.74, 6) is 0.233. The van der Waals surface area contributed by atoms with E-state index in [0.29, 0.717) is 12.6 Å². The van der Waals surface area contributed by atoms with Crippen LogP contribution in [0.15, 0.2) is 23.9 Å². The third-order valence-electron chi connectivity index (χ3n) is 6.89. The molecule has 0 aromatic heterocycles. The van der Waals surface area contributed by atoms with Crippen molar-refractivity contribution in [3.63, 3.8) is 0 Å². The Hall–Kier alpha value is -1.82. The van der Waals surface area contributed by atoms with Crippen LogP contribution in [0.25, 0.3) is 0 Å². The van der Waals surface area contributed by atoms with E-state index in [1.165, 1.54) is 0 Å². The van der Waals surface area contributed by atoms with Crippen molar-refractivity contribution in [2.75, 3.05) is 33.2 Å². The number of likely N-dealkylation sites (tertiary alicyclic amines) is 2. The van der Waals surface area contributed by atoms with E-state index in [0.717, 1.165) is 63.0 Å². The van der Waals surface area contributed by atoms with Gasteiger partial charge < -0.3 is 15.1 Å². The molecule has 6 nitrogen and oxygen atoms in total. The summed E-state index contributed by atoms with van der Waals surface area (Å²) in [6.07, 6.45) is 7.33. The summed E-state index contributed by atoms with van der Waals surface area (Å²) >= 11 is 0. The van der Waals surface area contributed by atoms with E-state index in [-0.39, 0.29) is 29.3 Å². The van der Waals surface area contributed by atoms with Crippen molar-refractivity contribution in [1.29, 1.82) is 0 Å². The zero-order valence-corrected chi connectivity index (χ0v) is 21.5. The molecule has 2 atom stereocenters. The molecule has 182 valence electrons. The number of nitrogens with one attached hydrogen (secondary N) is 1. The van der Waals surface area contributed by atoms with E-state index in [9.17, 15) is 9.59 Å². The Bertz CT molecular complexity index is 701. The van der Waals surface area contributed by atoms with Crippen molar-refractivity contribution in [3.8, 4) is 0 Å². The predicted molar refractivity (Wildman–Crippen MR) is 132 cm³/mol. The summed E-state index contributed by atoms with van der Waals surface area (Å²) in [7, 11) is 1.98. The van der Waals surface area contributed by atoms with Gasteiger partial charge in [-0.25, -0.2) is 0 Å². The average molecular weight is 447 g/mol. The first-order valence-electron chi connectivity index (χ1n) is 12.4. The largest absolute Gasteiger partial charge is 0.373 e. The van der Waals surface area contributed by atoms with Crippen LogP contribution in [-0.4, -0.2) is 77.9 Å². The van der Waals surface area contributed by atoms with Crippen LogP contribution in [0.4, 0.5) is 0 Å². The smallest absolute Gasteiger partial charge is 0.249 e. The van der Waals surface area contributed by atoms with Crippen LogP contribution in [0.2, 0.25) is 0 Å². The van der Waals surface area contributed by atoms with Crippen LogP contribution in [0, 0.1) is 5.41 Å². The standard InChI is InChI=1S/C26H46N4O2/c1-19(2)30-17-10-9-13-22(30)24(31)27-23(26(5,6)7)21(4)28(8)18-14-20(3)25(32)29-15-11-12-16-29/h14,19,22-23H,4,9-13,15-18H2,1-3,5-8H3,(H,27,31)/b20-14+. The Balaban J connectivity index is 2.06. The minimum atomic E-state index is -0.182. The molecule has 0 radical (unpaired) electrons. The first kappa shape index (κ1) is 26.4. The number of carbonyl (C=O) groups is 2. The average Bonchev–Trinajstić information content (AvgIpc) is 3.28. The van der Waals surface area contributed by atoms with Gasteiger partial charge in [-0.2, -0.15) is 0 Å². The Kier molecular flexibility index (Phi) is 9.38. The van der Waals surface area contributed by atoms with Gasteiger partial charge in [0.1, 0.15) is 0 Å². The molecule has 0 aliphatic carbocycles. The summed E-state index contributed by atoms with van der Waals surface area (Å²) < 4.78 is 0. The van der Waals surface area contributed by atoms with E-state index >= 15 is 0 Å². The number of likely N-dealkylation sites (N-methyl/N-ethyl adjacent to an activating group) is 1. The van der Waals surface area contributed by atoms with Crippen molar-refractivity contribution in [1.82, 2.24) is 20.0 Å². The van der Waals surface area contributed by atoms with Gasteiger partial charge in [-0.1, -0.05) is 39.8 Å². The van der Waals surface area contributed by atoms with Gasteiger partial charge in [-0.3, -0.25) is 14.5 Å². The third kappa shape index (κ3) is 6.84. The van der Waals surface area contributed by atoms with Crippen LogP contribution in [-0.2, 0) is 9.59 Å². The molecule has 2 aliphatic rings. The van der Waals surface area contributed by atoms with Crippen molar-refractivity contribution < 1.29 is 9.59 Å². The number of piperidine rings is 1. The molecule has 2 fully saturated rings. The molecule has 0 bridgehead atoms. The van der Waals surface area contributed by atoms with E-state index < -0.39 is 0 Å². The summed E-state index contributed by atoms with van der Waals surface area (Å²) in [6, 6.07) is 0.0946. The second-order valence-electron chi connectivity index (χ2n) is 10.9. The lowest BCUT2D eigenvalue weighted by Crippen LogP contribution is -2.57. The quantitative estimate of drug-likeness (QED) is 0.576. The lowest BCUT2D eigenvalue weighted by atomic mass is 9.84. The van der Waals surface area contributed by atoms with Gasteiger partial charge >= 0.3 is 0 Å². The first-order chi connectivity index (χ1) is 14.9. The Morgan fingerprint density at radius 1 is 1.12 bits per heavy atom. The normalized spacial score (nSPS) is 21.6. The predicted octanol–water partition coefficient (Wildman–Crippen LogP) is 3.79. The fraction of sp³-hybridized carbons (Fsp3) is 0.769. The topological polar surface area (TPSA) is 55.9 Å². The van der Waals surface area contributed by atoms with Gasteiger partial charge in [0.25, 0.3) is 0 Å². The monoisotopic (exact) mass is 446 g/mol. The van der Waals surface area contributed by atoms with Crippen LogP contribution in [0.5, 0.6) is 0 Å². The number of nitrogens with zero attached hydrogens (tertiary/aromatic N) is 3. The number of amides is 2. The van der Waals surface area contributed by atoms with Gasteiger partial charge in [0.05, 0.1) is 12.1 Å². The number of hydrogen-bond acceptors (Lipinski definition) is 4. The highest BCUT2D eigenvalue weighted by molar-refractivity contribution is 5.93.